The predicted octanol–water partition coefficient (Wildman–Crippen LogP) is 2.57. The predicted molar refractivity (Wildman–Crippen MR) is 86.7 cm³/mol. The van der Waals surface area contributed by atoms with Crippen LogP contribution >= 0.6 is 0 Å². The number of likely N-dealkylation sites (tertiary alicyclic amines) is 1. The van der Waals surface area contributed by atoms with Crippen LogP contribution in [0.5, 0.6) is 0 Å². The summed E-state index contributed by atoms with van der Waals surface area (Å²) in [6, 6.07) is 10.0. The number of carbonyl (C=O) groups excluding carboxylic acids is 1. The van der Waals surface area contributed by atoms with Gasteiger partial charge in [-0.25, -0.2) is 0 Å². The molecule has 1 aromatic carbocycles. The Morgan fingerprint density at radius 3 is 2.59 bits per heavy atom. The van der Waals surface area contributed by atoms with Gasteiger partial charge in [-0.15, -0.1) is 0 Å². The van der Waals surface area contributed by atoms with Crippen LogP contribution in [-0.2, 0) is 9.53 Å². The third-order valence-corrected chi connectivity index (χ3v) is 4.32. The number of aliphatic hydroxyl groups is 1. The summed E-state index contributed by atoms with van der Waals surface area (Å²) >= 11 is 0. The molecule has 0 bridgehead atoms. The Kier molecular flexibility index (Phi) is 6.87. The highest BCUT2D eigenvalue weighted by atomic mass is 16.5. The van der Waals surface area contributed by atoms with E-state index in [-0.39, 0.29) is 24.5 Å². The van der Waals surface area contributed by atoms with Gasteiger partial charge in [-0.2, -0.15) is 0 Å². The summed E-state index contributed by atoms with van der Waals surface area (Å²) in [5, 5.41) is 8.77. The first-order valence-electron chi connectivity index (χ1n) is 8.32. The quantitative estimate of drug-likeness (QED) is 0.788. The van der Waals surface area contributed by atoms with Crippen LogP contribution in [0.2, 0.25) is 0 Å². The van der Waals surface area contributed by atoms with Crippen LogP contribution in [0.25, 0.3) is 0 Å². The van der Waals surface area contributed by atoms with E-state index in [0.717, 1.165) is 37.9 Å². The van der Waals surface area contributed by atoms with E-state index in [0.29, 0.717) is 13.0 Å². The summed E-state index contributed by atoms with van der Waals surface area (Å²) in [7, 11) is 0. The molecule has 0 saturated carbocycles. The van der Waals surface area contributed by atoms with E-state index in [1.54, 1.807) is 0 Å². The van der Waals surface area contributed by atoms with Crippen molar-refractivity contribution in [2.45, 2.75) is 44.6 Å². The Labute approximate surface area is 133 Å². The molecule has 0 radical (unpaired) electrons. The Bertz CT molecular complexity index is 441. The summed E-state index contributed by atoms with van der Waals surface area (Å²) in [5.74, 6) is 0.204. The van der Waals surface area contributed by atoms with Crippen molar-refractivity contribution in [2.75, 3.05) is 26.3 Å². The summed E-state index contributed by atoms with van der Waals surface area (Å²) in [4.78, 5) is 14.7. The summed E-state index contributed by atoms with van der Waals surface area (Å²) < 4.78 is 5.72. The Hall–Kier alpha value is -1.39. The van der Waals surface area contributed by atoms with Crippen molar-refractivity contribution in [3.63, 3.8) is 0 Å². The van der Waals surface area contributed by atoms with Crippen molar-refractivity contribution in [3.8, 4) is 0 Å². The van der Waals surface area contributed by atoms with Gasteiger partial charge in [0.2, 0.25) is 5.91 Å². The number of hydrogen-bond donors (Lipinski definition) is 1. The number of piperidine rings is 1. The zero-order chi connectivity index (χ0) is 15.8. The maximum atomic E-state index is 12.7. The van der Waals surface area contributed by atoms with E-state index in [1.165, 1.54) is 0 Å². The Balaban J connectivity index is 1.86. The smallest absolute Gasteiger partial charge is 0.230 e. The maximum Gasteiger partial charge on any atom is 0.230 e. The van der Waals surface area contributed by atoms with Gasteiger partial charge in [0.15, 0.2) is 0 Å². The van der Waals surface area contributed by atoms with E-state index < -0.39 is 0 Å². The number of hydrogen-bond acceptors (Lipinski definition) is 3. The van der Waals surface area contributed by atoms with Gasteiger partial charge < -0.3 is 14.7 Å². The highest BCUT2D eigenvalue weighted by molar-refractivity contribution is 5.83. The van der Waals surface area contributed by atoms with Crippen LogP contribution < -0.4 is 0 Å². The van der Waals surface area contributed by atoms with Crippen molar-refractivity contribution in [1.82, 2.24) is 4.90 Å². The number of nitrogens with zero attached hydrogens (tertiary/aromatic N) is 1. The molecular formula is C18H27NO3. The molecule has 4 heteroatoms. The molecule has 1 saturated heterocycles. The van der Waals surface area contributed by atoms with Crippen molar-refractivity contribution in [1.29, 1.82) is 0 Å². The third kappa shape index (κ3) is 4.55. The molecule has 22 heavy (non-hydrogen) atoms. The van der Waals surface area contributed by atoms with Crippen molar-refractivity contribution in [2.24, 2.45) is 0 Å². The van der Waals surface area contributed by atoms with Gasteiger partial charge in [0.05, 0.1) is 12.0 Å². The molecule has 1 N–H and O–H groups in total. The lowest BCUT2D eigenvalue weighted by molar-refractivity contribution is -0.135. The normalized spacial score (nSPS) is 17.5. The second-order valence-electron chi connectivity index (χ2n) is 5.84. The molecule has 1 amide bonds. The lowest BCUT2D eigenvalue weighted by Crippen LogP contribution is -2.43. The fraction of sp³-hybridized carbons (Fsp3) is 0.611. The average Bonchev–Trinajstić information content (AvgIpc) is 2.57. The van der Waals surface area contributed by atoms with Crippen molar-refractivity contribution in [3.05, 3.63) is 35.9 Å². The molecule has 1 unspecified atom stereocenters. The minimum Gasteiger partial charge on any atom is -0.396 e. The first kappa shape index (κ1) is 17.0. The van der Waals surface area contributed by atoms with Crippen LogP contribution in [-0.4, -0.2) is 48.3 Å². The molecular weight excluding hydrogens is 278 g/mol. The van der Waals surface area contributed by atoms with Gasteiger partial charge in [0.25, 0.3) is 0 Å². The third-order valence-electron chi connectivity index (χ3n) is 4.32. The molecule has 1 heterocycles. The minimum absolute atomic E-state index is 0.0342. The summed E-state index contributed by atoms with van der Waals surface area (Å²) in [5.41, 5.74) is 1.11. The van der Waals surface area contributed by atoms with E-state index in [1.807, 2.05) is 35.2 Å². The van der Waals surface area contributed by atoms with Crippen LogP contribution in [0.4, 0.5) is 0 Å². The Morgan fingerprint density at radius 1 is 1.32 bits per heavy atom. The van der Waals surface area contributed by atoms with Crippen LogP contribution in [0, 0.1) is 0 Å². The monoisotopic (exact) mass is 305 g/mol. The largest absolute Gasteiger partial charge is 0.396 e. The zero-order valence-corrected chi connectivity index (χ0v) is 13.4. The molecule has 0 aromatic heterocycles. The van der Waals surface area contributed by atoms with E-state index in [4.69, 9.17) is 9.84 Å². The van der Waals surface area contributed by atoms with Gasteiger partial charge in [-0.05, 0) is 31.2 Å². The highest BCUT2D eigenvalue weighted by Crippen LogP contribution is 2.24. The van der Waals surface area contributed by atoms with E-state index in [9.17, 15) is 4.79 Å². The van der Waals surface area contributed by atoms with E-state index >= 15 is 0 Å². The zero-order valence-electron chi connectivity index (χ0n) is 13.4. The molecule has 0 aliphatic carbocycles. The number of aliphatic hydroxyl groups excluding tert-OH is 1. The molecule has 4 nitrogen and oxygen atoms in total. The van der Waals surface area contributed by atoms with Crippen LogP contribution in [0.15, 0.2) is 30.3 Å². The van der Waals surface area contributed by atoms with Gasteiger partial charge >= 0.3 is 0 Å². The molecule has 1 aliphatic rings. The number of benzene rings is 1. The minimum atomic E-state index is -0.0342. The first-order chi connectivity index (χ1) is 10.8. The second-order valence-corrected chi connectivity index (χ2v) is 5.84. The number of carbonyl (C=O) groups is 1. The SMILES string of the molecule is CCC(C(=O)N1CCC(OCCCO)CC1)c1ccccc1. The molecule has 122 valence electrons. The van der Waals surface area contributed by atoms with Gasteiger partial charge in [-0.3, -0.25) is 4.79 Å². The molecule has 2 rings (SSSR count). The molecule has 1 aliphatic heterocycles. The molecule has 1 fully saturated rings. The Morgan fingerprint density at radius 2 is 2.00 bits per heavy atom. The fourth-order valence-electron chi connectivity index (χ4n) is 3.02. The number of ether oxygens (including phenoxy) is 1. The van der Waals surface area contributed by atoms with E-state index in [2.05, 4.69) is 6.92 Å². The highest BCUT2D eigenvalue weighted by Gasteiger charge is 2.28. The van der Waals surface area contributed by atoms with Crippen molar-refractivity contribution < 1.29 is 14.6 Å². The fourth-order valence-corrected chi connectivity index (χ4v) is 3.02. The summed E-state index contributed by atoms with van der Waals surface area (Å²) in [6.07, 6.45) is 3.53. The first-order valence-corrected chi connectivity index (χ1v) is 8.32. The lowest BCUT2D eigenvalue weighted by Gasteiger charge is -2.34. The maximum absolute atomic E-state index is 12.7. The topological polar surface area (TPSA) is 49.8 Å². The average molecular weight is 305 g/mol. The second kappa shape index (κ2) is 8.91. The van der Waals surface area contributed by atoms with Crippen molar-refractivity contribution >= 4 is 5.91 Å². The summed E-state index contributed by atoms with van der Waals surface area (Å²) in [6.45, 7) is 4.39. The molecule has 1 atom stereocenters. The molecule has 1 aromatic rings. The van der Waals surface area contributed by atoms with Crippen LogP contribution in [0.3, 0.4) is 0 Å². The number of amides is 1. The molecule has 0 spiro atoms. The van der Waals surface area contributed by atoms with Gasteiger partial charge in [0.1, 0.15) is 0 Å². The van der Waals surface area contributed by atoms with Gasteiger partial charge in [0, 0.05) is 26.3 Å². The van der Waals surface area contributed by atoms with Crippen LogP contribution in [0.1, 0.15) is 44.1 Å². The number of rotatable bonds is 7. The lowest BCUT2D eigenvalue weighted by atomic mass is 9.94. The van der Waals surface area contributed by atoms with Gasteiger partial charge in [-0.1, -0.05) is 37.3 Å². The standard InChI is InChI=1S/C18H27NO3/c1-2-17(15-7-4-3-5-8-15)18(21)19-11-9-16(10-12-19)22-14-6-13-20/h3-5,7-8,16-17,20H,2,6,9-14H2,1H3.